The Kier molecular flexibility index (Phi) is 3.45. The summed E-state index contributed by atoms with van der Waals surface area (Å²) in [4.78, 5) is 0. The third kappa shape index (κ3) is 2.32. The van der Waals surface area contributed by atoms with E-state index in [1.54, 1.807) is 0 Å². The lowest BCUT2D eigenvalue weighted by molar-refractivity contribution is 0.570. The van der Waals surface area contributed by atoms with Crippen molar-refractivity contribution < 1.29 is 0 Å². The Bertz CT molecular complexity index is 888. The van der Waals surface area contributed by atoms with Crippen LogP contribution in [0.25, 0.3) is 11.3 Å². The van der Waals surface area contributed by atoms with Crippen LogP contribution in [-0.2, 0) is 0 Å². The van der Waals surface area contributed by atoms with Gasteiger partial charge in [0.15, 0.2) is 0 Å². The number of fused-ring (bicyclic) bond motifs is 3. The largest absolute Gasteiger partial charge is 0.359 e. The molecule has 1 N–H and O–H groups in total. The molecule has 1 aliphatic rings. The quantitative estimate of drug-likeness (QED) is 0.698. The van der Waals surface area contributed by atoms with Crippen molar-refractivity contribution in [2.24, 2.45) is 0 Å². The van der Waals surface area contributed by atoms with E-state index in [1.807, 2.05) is 0 Å². The highest BCUT2D eigenvalue weighted by molar-refractivity contribution is 5.81. The lowest BCUT2D eigenvalue weighted by Crippen LogP contribution is -2.26. The van der Waals surface area contributed by atoms with Crippen molar-refractivity contribution in [2.75, 3.05) is 5.32 Å². The van der Waals surface area contributed by atoms with E-state index >= 15 is 0 Å². The van der Waals surface area contributed by atoms with Gasteiger partial charge in [0.1, 0.15) is 6.17 Å². The number of nitrogens with one attached hydrogen (secondary N) is 1. The Labute approximate surface area is 143 Å². The van der Waals surface area contributed by atoms with Crippen molar-refractivity contribution in [1.82, 2.24) is 9.78 Å². The first-order chi connectivity index (χ1) is 11.5. The summed E-state index contributed by atoms with van der Waals surface area (Å²) < 4.78 is 2.11. The molecule has 0 saturated carbocycles. The summed E-state index contributed by atoms with van der Waals surface area (Å²) in [5, 5.41) is 8.45. The van der Waals surface area contributed by atoms with E-state index in [-0.39, 0.29) is 6.17 Å². The molecule has 0 saturated heterocycles. The number of anilines is 1. The number of nitrogens with zero attached hydrogens (tertiary/aromatic N) is 2. The number of aryl methyl sites for hydroxylation is 2. The van der Waals surface area contributed by atoms with E-state index in [0.29, 0.717) is 5.92 Å². The Balaban J connectivity index is 1.84. The second-order valence-electron chi connectivity index (χ2n) is 6.98. The van der Waals surface area contributed by atoms with E-state index < -0.39 is 0 Å². The van der Waals surface area contributed by atoms with Crippen LogP contribution in [0.5, 0.6) is 0 Å². The number of rotatable bonds is 2. The van der Waals surface area contributed by atoms with Gasteiger partial charge in [-0.2, -0.15) is 5.10 Å². The minimum atomic E-state index is 0.0310. The van der Waals surface area contributed by atoms with E-state index in [0.717, 1.165) is 5.69 Å². The minimum absolute atomic E-state index is 0.0310. The molecule has 4 rings (SSSR count). The molecule has 0 radical (unpaired) electrons. The molecule has 122 valence electrons. The third-order valence-electron chi connectivity index (χ3n) is 4.85. The zero-order chi connectivity index (χ0) is 16.8. The Hall–Kier alpha value is -2.55. The lowest BCUT2D eigenvalue weighted by atomic mass is 9.98. The van der Waals surface area contributed by atoms with Crippen LogP contribution in [0.4, 0.5) is 5.69 Å². The molecule has 1 aliphatic heterocycles. The van der Waals surface area contributed by atoms with Crippen LogP contribution in [-0.4, -0.2) is 9.78 Å². The van der Waals surface area contributed by atoms with Crippen LogP contribution in [0.1, 0.15) is 48.3 Å². The molecule has 0 amide bonds. The average molecular weight is 317 g/mol. The van der Waals surface area contributed by atoms with Gasteiger partial charge in [-0.25, -0.2) is 4.68 Å². The predicted octanol–water partition coefficient (Wildman–Crippen LogP) is 5.26. The standard InChI is InChI=1S/C21H23N3/c1-13(2)16-8-10-17(11-9-16)21-22-20-14(3)6-5-7-18(20)19-12-15(4)23-24(19)21/h5-13,21-22H,1-4H3. The van der Waals surface area contributed by atoms with Crippen molar-refractivity contribution in [1.29, 1.82) is 0 Å². The number of hydrogen-bond acceptors (Lipinski definition) is 2. The summed E-state index contributed by atoms with van der Waals surface area (Å²) in [6, 6.07) is 17.5. The fraction of sp³-hybridized carbons (Fsp3) is 0.286. The maximum Gasteiger partial charge on any atom is 0.147 e. The number of aromatic nitrogens is 2. The normalized spacial score (nSPS) is 15.8. The first-order valence-electron chi connectivity index (χ1n) is 8.57. The molecule has 1 unspecified atom stereocenters. The van der Waals surface area contributed by atoms with Gasteiger partial charge in [-0.15, -0.1) is 0 Å². The summed E-state index contributed by atoms with van der Waals surface area (Å²) in [6.45, 7) is 8.66. The molecule has 2 aromatic carbocycles. The Morgan fingerprint density at radius 3 is 2.50 bits per heavy atom. The van der Waals surface area contributed by atoms with Crippen molar-refractivity contribution in [3.05, 3.63) is 70.9 Å². The summed E-state index contributed by atoms with van der Waals surface area (Å²) in [5.74, 6) is 0.545. The first kappa shape index (κ1) is 15.0. The van der Waals surface area contributed by atoms with Gasteiger partial charge < -0.3 is 5.32 Å². The van der Waals surface area contributed by atoms with Crippen LogP contribution in [0, 0.1) is 13.8 Å². The molecule has 2 heterocycles. The van der Waals surface area contributed by atoms with Gasteiger partial charge in [-0.05, 0) is 42.5 Å². The lowest BCUT2D eigenvalue weighted by Gasteiger charge is -2.30. The van der Waals surface area contributed by atoms with Crippen molar-refractivity contribution in [3.8, 4) is 11.3 Å². The summed E-state index contributed by atoms with van der Waals surface area (Å²) in [5.41, 5.74) is 8.53. The third-order valence-corrected chi connectivity index (χ3v) is 4.85. The van der Waals surface area contributed by atoms with Crippen molar-refractivity contribution in [3.63, 3.8) is 0 Å². The summed E-state index contributed by atoms with van der Waals surface area (Å²) in [7, 11) is 0. The molecule has 0 aliphatic carbocycles. The highest BCUT2D eigenvalue weighted by atomic mass is 15.4. The molecule has 24 heavy (non-hydrogen) atoms. The maximum absolute atomic E-state index is 4.75. The van der Waals surface area contributed by atoms with Gasteiger partial charge in [0.2, 0.25) is 0 Å². The molecular formula is C21H23N3. The van der Waals surface area contributed by atoms with E-state index in [9.17, 15) is 0 Å². The molecule has 1 aromatic heterocycles. The highest BCUT2D eigenvalue weighted by Crippen LogP contribution is 2.40. The number of para-hydroxylation sites is 1. The van der Waals surface area contributed by atoms with E-state index in [1.165, 1.54) is 33.6 Å². The van der Waals surface area contributed by atoms with Gasteiger partial charge in [0.25, 0.3) is 0 Å². The van der Waals surface area contributed by atoms with E-state index in [4.69, 9.17) is 5.10 Å². The second kappa shape index (κ2) is 5.52. The van der Waals surface area contributed by atoms with Crippen molar-refractivity contribution >= 4 is 5.69 Å². The highest BCUT2D eigenvalue weighted by Gasteiger charge is 2.27. The molecule has 0 bridgehead atoms. The molecule has 0 fully saturated rings. The molecule has 0 spiro atoms. The fourth-order valence-corrected chi connectivity index (χ4v) is 3.47. The van der Waals surface area contributed by atoms with Crippen LogP contribution in [0.3, 0.4) is 0 Å². The van der Waals surface area contributed by atoms with Gasteiger partial charge in [0, 0.05) is 11.3 Å². The maximum atomic E-state index is 4.75. The SMILES string of the molecule is Cc1cc2n(n1)C(c1ccc(C(C)C)cc1)Nc1c(C)cccc1-2. The molecule has 3 nitrogen and oxygen atoms in total. The summed E-state index contributed by atoms with van der Waals surface area (Å²) >= 11 is 0. The number of benzene rings is 2. The van der Waals surface area contributed by atoms with Crippen molar-refractivity contribution in [2.45, 2.75) is 39.8 Å². The zero-order valence-electron chi connectivity index (χ0n) is 14.7. The Morgan fingerprint density at radius 1 is 1.04 bits per heavy atom. The van der Waals surface area contributed by atoms with Crippen LogP contribution >= 0.6 is 0 Å². The molecule has 1 atom stereocenters. The zero-order valence-corrected chi connectivity index (χ0v) is 14.7. The van der Waals surface area contributed by atoms with Gasteiger partial charge in [-0.1, -0.05) is 56.3 Å². The van der Waals surface area contributed by atoms with Gasteiger partial charge in [-0.3, -0.25) is 0 Å². The second-order valence-corrected chi connectivity index (χ2v) is 6.98. The predicted molar refractivity (Wildman–Crippen MR) is 99.4 cm³/mol. The first-order valence-corrected chi connectivity index (χ1v) is 8.57. The smallest absolute Gasteiger partial charge is 0.147 e. The van der Waals surface area contributed by atoms with Gasteiger partial charge >= 0.3 is 0 Å². The monoisotopic (exact) mass is 317 g/mol. The van der Waals surface area contributed by atoms with Crippen LogP contribution in [0.15, 0.2) is 48.5 Å². The van der Waals surface area contributed by atoms with Gasteiger partial charge in [0.05, 0.1) is 11.4 Å². The average Bonchev–Trinajstić information content (AvgIpc) is 2.96. The molecule has 3 aromatic rings. The molecular weight excluding hydrogens is 294 g/mol. The van der Waals surface area contributed by atoms with Crippen LogP contribution < -0.4 is 5.32 Å². The topological polar surface area (TPSA) is 29.9 Å². The van der Waals surface area contributed by atoms with Crippen LogP contribution in [0.2, 0.25) is 0 Å². The Morgan fingerprint density at radius 2 is 1.79 bits per heavy atom. The van der Waals surface area contributed by atoms with E-state index in [2.05, 4.69) is 86.2 Å². The fourth-order valence-electron chi connectivity index (χ4n) is 3.47. The number of hydrogen-bond donors (Lipinski definition) is 1. The minimum Gasteiger partial charge on any atom is -0.359 e. The molecule has 3 heteroatoms. The summed E-state index contributed by atoms with van der Waals surface area (Å²) in [6.07, 6.45) is 0.0310.